The number of halogens is 1. The number of Topliss-reactive ketones (excluding diaryl/α,β-unsaturated/α-hetero) is 1. The van der Waals surface area contributed by atoms with Crippen LogP contribution in [0.15, 0.2) is 72.6 Å². The van der Waals surface area contributed by atoms with Crippen molar-refractivity contribution >= 4 is 29.1 Å². The van der Waals surface area contributed by atoms with Crippen molar-refractivity contribution < 1.29 is 19.4 Å². The van der Waals surface area contributed by atoms with Crippen LogP contribution in [0.4, 0.5) is 0 Å². The molecule has 1 saturated heterocycles. The fraction of sp³-hybridized carbons (Fsp3) is 0.130. The maximum Gasteiger partial charge on any atom is 0.296 e. The topological polar surface area (TPSA) is 92.6 Å². The molecule has 1 aromatic carbocycles. The molecule has 7 nitrogen and oxygen atoms in total. The van der Waals surface area contributed by atoms with E-state index in [9.17, 15) is 14.7 Å². The zero-order valence-corrected chi connectivity index (χ0v) is 17.3. The first kappa shape index (κ1) is 20.6. The molecule has 3 heterocycles. The number of hydrogen-bond donors (Lipinski definition) is 1. The summed E-state index contributed by atoms with van der Waals surface area (Å²) in [5.74, 6) is -1.51. The Morgan fingerprint density at radius 3 is 2.48 bits per heavy atom. The van der Waals surface area contributed by atoms with Gasteiger partial charge in [0.25, 0.3) is 11.7 Å². The number of carbonyl (C=O) groups is 2. The van der Waals surface area contributed by atoms with Crippen molar-refractivity contribution in [2.45, 2.75) is 12.6 Å². The van der Waals surface area contributed by atoms with E-state index >= 15 is 0 Å². The molecule has 8 heteroatoms. The van der Waals surface area contributed by atoms with Crippen LogP contribution < -0.4 is 4.74 Å². The van der Waals surface area contributed by atoms with Crippen LogP contribution in [0.2, 0.25) is 5.02 Å². The van der Waals surface area contributed by atoms with Crippen molar-refractivity contribution in [2.24, 2.45) is 0 Å². The molecular weight excluding hydrogens is 418 g/mol. The molecule has 0 radical (unpaired) electrons. The predicted octanol–water partition coefficient (Wildman–Crippen LogP) is 3.76. The molecule has 0 spiro atoms. The standard InChI is InChI=1S/C23H18ClN3O4/c1-31-15-8-9-17(24)16(12-15)21(28)19-20(18-7-3-5-11-26-18)27(23(30)22(19)29)13-14-6-2-4-10-25-14/h2-12,20,28H,13H2,1H3/b21-19+. The number of hydrogen-bond acceptors (Lipinski definition) is 6. The molecule has 1 aliphatic rings. The first-order valence-electron chi connectivity index (χ1n) is 9.44. The molecule has 1 N–H and O–H groups in total. The Hall–Kier alpha value is -3.71. The second-order valence-electron chi connectivity index (χ2n) is 6.85. The largest absolute Gasteiger partial charge is 0.507 e. The van der Waals surface area contributed by atoms with E-state index < -0.39 is 17.7 Å². The highest BCUT2D eigenvalue weighted by atomic mass is 35.5. The molecule has 4 rings (SSSR count). The Labute approximate surface area is 183 Å². The number of carbonyl (C=O) groups excluding carboxylic acids is 2. The Morgan fingerprint density at radius 2 is 1.84 bits per heavy atom. The van der Waals surface area contributed by atoms with Gasteiger partial charge in [-0.15, -0.1) is 0 Å². The van der Waals surface area contributed by atoms with E-state index in [2.05, 4.69) is 9.97 Å². The van der Waals surface area contributed by atoms with Crippen LogP contribution in [-0.4, -0.2) is 38.8 Å². The summed E-state index contributed by atoms with van der Waals surface area (Å²) in [5, 5.41) is 11.3. The van der Waals surface area contributed by atoms with Crippen LogP contribution in [0.25, 0.3) is 5.76 Å². The normalized spacial score (nSPS) is 17.7. The summed E-state index contributed by atoms with van der Waals surface area (Å²) in [6.45, 7) is 0.0786. The SMILES string of the molecule is COc1ccc(Cl)c(/C(O)=C2\C(=O)C(=O)N(Cc3ccccn3)C2c2ccccn2)c1. The monoisotopic (exact) mass is 435 g/mol. The summed E-state index contributed by atoms with van der Waals surface area (Å²) in [6, 6.07) is 14.3. The highest BCUT2D eigenvalue weighted by molar-refractivity contribution is 6.46. The van der Waals surface area contributed by atoms with Gasteiger partial charge in [0.2, 0.25) is 0 Å². The first-order valence-corrected chi connectivity index (χ1v) is 9.82. The summed E-state index contributed by atoms with van der Waals surface area (Å²) in [7, 11) is 1.48. The van der Waals surface area contributed by atoms with E-state index in [1.807, 2.05) is 0 Å². The van der Waals surface area contributed by atoms with Gasteiger partial charge >= 0.3 is 0 Å². The van der Waals surface area contributed by atoms with Gasteiger partial charge < -0.3 is 14.7 Å². The van der Waals surface area contributed by atoms with E-state index in [0.29, 0.717) is 17.1 Å². The van der Waals surface area contributed by atoms with Crippen LogP contribution in [0.1, 0.15) is 23.0 Å². The zero-order chi connectivity index (χ0) is 22.0. The fourth-order valence-electron chi connectivity index (χ4n) is 3.51. The number of likely N-dealkylation sites (tertiary alicyclic amines) is 1. The Bertz CT molecular complexity index is 1170. The average Bonchev–Trinajstić information content (AvgIpc) is 3.05. The molecule has 0 saturated carbocycles. The van der Waals surface area contributed by atoms with Crippen molar-refractivity contribution in [1.82, 2.24) is 14.9 Å². The number of pyridine rings is 2. The van der Waals surface area contributed by atoms with Gasteiger partial charge in [-0.2, -0.15) is 0 Å². The van der Waals surface area contributed by atoms with Crippen LogP contribution in [0.3, 0.4) is 0 Å². The second-order valence-corrected chi connectivity index (χ2v) is 7.26. The van der Waals surface area contributed by atoms with E-state index in [4.69, 9.17) is 16.3 Å². The number of benzene rings is 1. The number of aliphatic hydroxyl groups excluding tert-OH is 1. The third-order valence-corrected chi connectivity index (χ3v) is 5.32. The molecule has 1 aliphatic heterocycles. The maximum atomic E-state index is 13.0. The van der Waals surface area contributed by atoms with Gasteiger partial charge in [0, 0.05) is 18.0 Å². The minimum absolute atomic E-state index is 0.0786. The number of aromatic nitrogens is 2. The maximum absolute atomic E-state index is 13.0. The number of ether oxygens (including phenoxy) is 1. The Morgan fingerprint density at radius 1 is 1.10 bits per heavy atom. The van der Waals surface area contributed by atoms with Gasteiger partial charge in [0.05, 0.1) is 35.6 Å². The molecule has 2 aromatic heterocycles. The molecule has 1 fully saturated rings. The Balaban J connectivity index is 1.89. The lowest BCUT2D eigenvalue weighted by Crippen LogP contribution is -2.29. The van der Waals surface area contributed by atoms with Crippen LogP contribution in [0, 0.1) is 0 Å². The highest BCUT2D eigenvalue weighted by Crippen LogP contribution is 2.41. The minimum atomic E-state index is -0.898. The quantitative estimate of drug-likeness (QED) is 0.372. The number of aliphatic hydroxyl groups is 1. The van der Waals surface area contributed by atoms with Crippen molar-refractivity contribution in [3.8, 4) is 5.75 Å². The minimum Gasteiger partial charge on any atom is -0.507 e. The summed E-state index contributed by atoms with van der Waals surface area (Å²) in [5.41, 5.74) is 1.15. The number of amides is 1. The molecular formula is C23H18ClN3O4. The summed E-state index contributed by atoms with van der Waals surface area (Å²) in [6.07, 6.45) is 3.17. The third kappa shape index (κ3) is 3.87. The molecule has 0 aliphatic carbocycles. The van der Waals surface area contributed by atoms with Crippen LogP contribution in [-0.2, 0) is 16.1 Å². The van der Waals surface area contributed by atoms with E-state index in [-0.39, 0.29) is 28.5 Å². The van der Waals surface area contributed by atoms with Gasteiger partial charge in [0.1, 0.15) is 17.6 Å². The van der Waals surface area contributed by atoms with Gasteiger partial charge in [-0.1, -0.05) is 23.7 Å². The molecule has 1 unspecified atom stereocenters. The smallest absolute Gasteiger partial charge is 0.296 e. The molecule has 1 atom stereocenters. The van der Waals surface area contributed by atoms with Gasteiger partial charge in [-0.3, -0.25) is 19.6 Å². The molecule has 1 amide bonds. The lowest BCUT2D eigenvalue weighted by atomic mass is 9.98. The molecule has 31 heavy (non-hydrogen) atoms. The number of nitrogens with zero attached hydrogens (tertiary/aromatic N) is 3. The summed E-state index contributed by atoms with van der Waals surface area (Å²) >= 11 is 6.29. The average molecular weight is 436 g/mol. The molecule has 3 aromatic rings. The van der Waals surface area contributed by atoms with E-state index in [0.717, 1.165) is 0 Å². The third-order valence-electron chi connectivity index (χ3n) is 5.00. The van der Waals surface area contributed by atoms with Gasteiger partial charge in [0.15, 0.2) is 0 Å². The van der Waals surface area contributed by atoms with Gasteiger partial charge in [-0.05, 0) is 42.5 Å². The van der Waals surface area contributed by atoms with Crippen molar-refractivity contribution in [1.29, 1.82) is 0 Å². The van der Waals surface area contributed by atoms with Crippen molar-refractivity contribution in [3.05, 3.63) is 94.5 Å². The molecule has 0 bridgehead atoms. The van der Waals surface area contributed by atoms with Gasteiger partial charge in [-0.25, -0.2) is 0 Å². The number of methoxy groups -OCH3 is 1. The summed E-state index contributed by atoms with van der Waals surface area (Å²) < 4.78 is 5.21. The van der Waals surface area contributed by atoms with E-state index in [1.54, 1.807) is 60.9 Å². The zero-order valence-electron chi connectivity index (χ0n) is 16.5. The Kier molecular flexibility index (Phi) is 5.68. The fourth-order valence-corrected chi connectivity index (χ4v) is 3.72. The summed E-state index contributed by atoms with van der Waals surface area (Å²) in [4.78, 5) is 35.9. The van der Waals surface area contributed by atoms with E-state index in [1.165, 1.54) is 18.1 Å². The van der Waals surface area contributed by atoms with Crippen LogP contribution in [0.5, 0.6) is 5.75 Å². The molecule has 156 valence electrons. The van der Waals surface area contributed by atoms with Crippen molar-refractivity contribution in [2.75, 3.05) is 7.11 Å². The first-order chi connectivity index (χ1) is 15.0. The predicted molar refractivity (Wildman–Crippen MR) is 114 cm³/mol. The lowest BCUT2D eigenvalue weighted by Gasteiger charge is -2.24. The number of rotatable bonds is 5. The number of ketones is 1. The van der Waals surface area contributed by atoms with Crippen LogP contribution >= 0.6 is 11.6 Å². The highest BCUT2D eigenvalue weighted by Gasteiger charge is 2.47. The van der Waals surface area contributed by atoms with Crippen molar-refractivity contribution in [3.63, 3.8) is 0 Å². The second kappa shape index (κ2) is 8.57. The lowest BCUT2D eigenvalue weighted by molar-refractivity contribution is -0.140.